The summed E-state index contributed by atoms with van der Waals surface area (Å²) in [6, 6.07) is 5.13. The van der Waals surface area contributed by atoms with E-state index in [1.807, 2.05) is 23.1 Å². The number of carboxylic acids is 1. The third kappa shape index (κ3) is 1.67. The van der Waals surface area contributed by atoms with Crippen molar-refractivity contribution in [3.63, 3.8) is 0 Å². The van der Waals surface area contributed by atoms with Crippen LogP contribution in [0.1, 0.15) is 12.5 Å². The molecule has 1 aromatic carbocycles. The molecule has 0 fully saturated rings. The first-order chi connectivity index (χ1) is 7.11. The van der Waals surface area contributed by atoms with Gasteiger partial charge in [0.05, 0.1) is 0 Å². The van der Waals surface area contributed by atoms with Gasteiger partial charge in [0.15, 0.2) is 0 Å². The Morgan fingerprint density at radius 1 is 1.60 bits per heavy atom. The second kappa shape index (κ2) is 3.74. The molecule has 1 atom stereocenters. The Hall–Kier alpha value is -1.22. The average molecular weight is 226 g/mol. The number of hydrogen-bond donors (Lipinski definition) is 1. The van der Waals surface area contributed by atoms with E-state index in [1.165, 1.54) is 0 Å². The maximum atomic E-state index is 10.9. The highest BCUT2D eigenvalue weighted by Crippen LogP contribution is 2.34. The zero-order valence-electron chi connectivity index (χ0n) is 8.40. The number of carbonyl (C=O) groups is 1. The van der Waals surface area contributed by atoms with Crippen LogP contribution in [0.4, 0.5) is 5.69 Å². The lowest BCUT2D eigenvalue weighted by atomic mass is 10.1. The molecule has 0 bridgehead atoms. The zero-order valence-corrected chi connectivity index (χ0v) is 9.16. The summed E-state index contributed by atoms with van der Waals surface area (Å²) >= 11 is 6.05. The Morgan fingerprint density at radius 3 is 3.00 bits per heavy atom. The van der Waals surface area contributed by atoms with E-state index in [0.29, 0.717) is 0 Å². The van der Waals surface area contributed by atoms with Gasteiger partial charge in [-0.05, 0) is 31.0 Å². The van der Waals surface area contributed by atoms with Gasteiger partial charge in [-0.1, -0.05) is 17.7 Å². The molecule has 1 aliphatic rings. The van der Waals surface area contributed by atoms with Crippen molar-refractivity contribution >= 4 is 23.3 Å². The molecule has 15 heavy (non-hydrogen) atoms. The number of nitrogens with zero attached hydrogens (tertiary/aromatic N) is 1. The Balaban J connectivity index is 2.37. The molecule has 0 spiro atoms. The van der Waals surface area contributed by atoms with Crippen LogP contribution in [0.2, 0.25) is 5.02 Å². The second-order valence-corrected chi connectivity index (χ2v) is 4.10. The number of halogens is 1. The Morgan fingerprint density at radius 2 is 2.33 bits per heavy atom. The van der Waals surface area contributed by atoms with Crippen molar-refractivity contribution in [1.29, 1.82) is 0 Å². The topological polar surface area (TPSA) is 40.5 Å². The standard InChI is InChI=1S/C11H12ClNO2/c1-7(11(14)15)13-6-5-8-9(12)3-2-4-10(8)13/h2-4,7H,5-6H2,1H3,(H,14,15). The van der Waals surface area contributed by atoms with E-state index in [-0.39, 0.29) is 0 Å². The minimum absolute atomic E-state index is 0.496. The summed E-state index contributed by atoms with van der Waals surface area (Å²) in [6.45, 7) is 2.42. The SMILES string of the molecule is CC(C(=O)O)N1CCc2c(Cl)cccc21. The summed E-state index contributed by atoms with van der Waals surface area (Å²) in [4.78, 5) is 12.8. The second-order valence-electron chi connectivity index (χ2n) is 3.70. The molecule has 1 heterocycles. The summed E-state index contributed by atoms with van der Waals surface area (Å²) in [5.41, 5.74) is 2.02. The molecule has 1 aliphatic heterocycles. The third-order valence-electron chi connectivity index (χ3n) is 2.83. The fourth-order valence-corrected chi connectivity index (χ4v) is 2.22. The smallest absolute Gasteiger partial charge is 0.326 e. The van der Waals surface area contributed by atoms with Gasteiger partial charge in [-0.3, -0.25) is 0 Å². The van der Waals surface area contributed by atoms with Crippen LogP contribution in [0.15, 0.2) is 18.2 Å². The van der Waals surface area contributed by atoms with E-state index in [9.17, 15) is 4.79 Å². The Bertz CT molecular complexity index is 406. The molecule has 1 N–H and O–H groups in total. The van der Waals surface area contributed by atoms with Gasteiger partial charge in [-0.25, -0.2) is 4.79 Å². The predicted octanol–water partition coefficient (Wildman–Crippen LogP) is 2.18. The highest BCUT2D eigenvalue weighted by atomic mass is 35.5. The van der Waals surface area contributed by atoms with Crippen molar-refractivity contribution in [3.8, 4) is 0 Å². The van der Waals surface area contributed by atoms with E-state index in [0.717, 1.165) is 29.2 Å². The quantitative estimate of drug-likeness (QED) is 0.839. The lowest BCUT2D eigenvalue weighted by Gasteiger charge is -2.23. The van der Waals surface area contributed by atoms with Gasteiger partial charge in [0.25, 0.3) is 0 Å². The normalized spacial score (nSPS) is 16.3. The van der Waals surface area contributed by atoms with E-state index in [1.54, 1.807) is 6.92 Å². The Labute approximate surface area is 93.3 Å². The van der Waals surface area contributed by atoms with Crippen LogP contribution in [-0.4, -0.2) is 23.7 Å². The summed E-state index contributed by atoms with van der Waals surface area (Å²) < 4.78 is 0. The van der Waals surface area contributed by atoms with Crippen molar-refractivity contribution < 1.29 is 9.90 Å². The average Bonchev–Trinajstić information content (AvgIpc) is 2.61. The fraction of sp³-hybridized carbons (Fsp3) is 0.364. The van der Waals surface area contributed by atoms with E-state index >= 15 is 0 Å². The molecule has 0 saturated heterocycles. The van der Waals surface area contributed by atoms with E-state index < -0.39 is 12.0 Å². The van der Waals surface area contributed by atoms with Gasteiger partial charge < -0.3 is 10.0 Å². The van der Waals surface area contributed by atoms with Gasteiger partial charge in [0.2, 0.25) is 0 Å². The fourth-order valence-electron chi connectivity index (χ4n) is 1.95. The highest BCUT2D eigenvalue weighted by molar-refractivity contribution is 6.31. The number of anilines is 1. The molecule has 0 aromatic heterocycles. The van der Waals surface area contributed by atoms with Gasteiger partial charge in [0.1, 0.15) is 6.04 Å². The highest BCUT2D eigenvalue weighted by Gasteiger charge is 2.28. The molecule has 0 aliphatic carbocycles. The molecule has 0 saturated carbocycles. The number of aliphatic carboxylic acids is 1. The molecule has 4 heteroatoms. The van der Waals surface area contributed by atoms with Crippen LogP contribution < -0.4 is 4.90 Å². The summed E-state index contributed by atoms with van der Waals surface area (Å²) in [5, 5.41) is 9.69. The molecular formula is C11H12ClNO2. The van der Waals surface area contributed by atoms with E-state index in [2.05, 4.69) is 0 Å². The number of benzene rings is 1. The Kier molecular flexibility index (Phi) is 2.57. The van der Waals surface area contributed by atoms with Crippen molar-refractivity contribution in [3.05, 3.63) is 28.8 Å². The summed E-state index contributed by atoms with van der Waals surface area (Å²) in [6.07, 6.45) is 0.826. The maximum Gasteiger partial charge on any atom is 0.326 e. The van der Waals surface area contributed by atoms with Gasteiger partial charge in [0, 0.05) is 17.3 Å². The van der Waals surface area contributed by atoms with Crippen LogP contribution in [0.25, 0.3) is 0 Å². The first-order valence-corrected chi connectivity index (χ1v) is 5.26. The minimum Gasteiger partial charge on any atom is -0.480 e. The summed E-state index contributed by atoms with van der Waals surface area (Å²) in [7, 11) is 0. The first-order valence-electron chi connectivity index (χ1n) is 4.88. The minimum atomic E-state index is -0.803. The van der Waals surface area contributed by atoms with Crippen LogP contribution in [0.3, 0.4) is 0 Å². The number of carboxylic acid groups (broad SMARTS) is 1. The third-order valence-corrected chi connectivity index (χ3v) is 3.19. The zero-order chi connectivity index (χ0) is 11.0. The van der Waals surface area contributed by atoms with Gasteiger partial charge in [-0.2, -0.15) is 0 Å². The van der Waals surface area contributed by atoms with Crippen LogP contribution >= 0.6 is 11.6 Å². The predicted molar refractivity (Wildman–Crippen MR) is 59.6 cm³/mol. The molecule has 80 valence electrons. The molecular weight excluding hydrogens is 214 g/mol. The molecule has 0 amide bonds. The monoisotopic (exact) mass is 225 g/mol. The molecule has 0 radical (unpaired) electrons. The molecule has 2 rings (SSSR count). The maximum absolute atomic E-state index is 10.9. The van der Waals surface area contributed by atoms with Crippen LogP contribution in [-0.2, 0) is 11.2 Å². The lowest BCUT2D eigenvalue weighted by Crippen LogP contribution is -2.37. The van der Waals surface area contributed by atoms with Crippen LogP contribution in [0.5, 0.6) is 0 Å². The van der Waals surface area contributed by atoms with Crippen molar-refractivity contribution in [2.75, 3.05) is 11.4 Å². The largest absolute Gasteiger partial charge is 0.480 e. The van der Waals surface area contributed by atoms with Crippen molar-refractivity contribution in [2.24, 2.45) is 0 Å². The van der Waals surface area contributed by atoms with Gasteiger partial charge >= 0.3 is 5.97 Å². The first kappa shape index (κ1) is 10.3. The molecule has 1 unspecified atom stereocenters. The lowest BCUT2D eigenvalue weighted by molar-refractivity contribution is -0.138. The number of hydrogen-bond acceptors (Lipinski definition) is 2. The van der Waals surface area contributed by atoms with E-state index in [4.69, 9.17) is 16.7 Å². The van der Waals surface area contributed by atoms with Crippen molar-refractivity contribution in [2.45, 2.75) is 19.4 Å². The van der Waals surface area contributed by atoms with Crippen LogP contribution in [0, 0.1) is 0 Å². The van der Waals surface area contributed by atoms with Gasteiger partial charge in [-0.15, -0.1) is 0 Å². The number of fused-ring (bicyclic) bond motifs is 1. The van der Waals surface area contributed by atoms with Crippen molar-refractivity contribution in [1.82, 2.24) is 0 Å². The summed E-state index contributed by atoms with van der Waals surface area (Å²) in [5.74, 6) is -0.803. The molecule has 3 nitrogen and oxygen atoms in total. The number of rotatable bonds is 2. The molecule has 1 aromatic rings.